The third-order valence-corrected chi connectivity index (χ3v) is 5.27. The Bertz CT molecular complexity index is 548. The fourth-order valence-corrected chi connectivity index (χ4v) is 3.56. The zero-order valence-corrected chi connectivity index (χ0v) is 14.8. The molecule has 0 N–H and O–H groups in total. The number of hydrogen-bond donors (Lipinski definition) is 0. The molecular formula is C20H28O4. The van der Waals surface area contributed by atoms with E-state index >= 15 is 0 Å². The summed E-state index contributed by atoms with van der Waals surface area (Å²) in [5.41, 5.74) is 0.288. The molecular weight excluding hydrogens is 304 g/mol. The van der Waals surface area contributed by atoms with Crippen molar-refractivity contribution in [2.45, 2.75) is 65.2 Å². The summed E-state index contributed by atoms with van der Waals surface area (Å²) in [5.74, 6) is -0.378. The van der Waals surface area contributed by atoms with E-state index in [1.165, 1.54) is 31.1 Å². The zero-order valence-electron chi connectivity index (χ0n) is 14.8. The molecule has 2 aliphatic rings. The highest BCUT2D eigenvalue weighted by atomic mass is 16.5. The average Bonchev–Trinajstić information content (AvgIpc) is 2.57. The second kappa shape index (κ2) is 8.41. The monoisotopic (exact) mass is 332 g/mol. The molecule has 1 fully saturated rings. The van der Waals surface area contributed by atoms with Crippen LogP contribution in [-0.4, -0.2) is 24.1 Å². The molecule has 0 unspecified atom stereocenters. The standard InChI is InChI=1S/C20H28O4/c1-3-4-5-6-13-24-19(23)15-9-11-20(2,12-10-15)17-14-16(21)7-8-18(17)22/h7-8,14-15H,3-6,9-13H2,1-2H3. The summed E-state index contributed by atoms with van der Waals surface area (Å²) in [5, 5.41) is 0. The lowest BCUT2D eigenvalue weighted by Gasteiger charge is -2.38. The molecule has 24 heavy (non-hydrogen) atoms. The largest absolute Gasteiger partial charge is 0.465 e. The highest BCUT2D eigenvalue weighted by Gasteiger charge is 2.39. The number of carbonyl (C=O) groups excluding carboxylic acids is 3. The topological polar surface area (TPSA) is 60.4 Å². The normalized spacial score (nSPS) is 27.1. The zero-order chi connectivity index (χ0) is 17.6. The van der Waals surface area contributed by atoms with Gasteiger partial charge in [-0.05, 0) is 55.7 Å². The van der Waals surface area contributed by atoms with E-state index in [2.05, 4.69) is 6.92 Å². The van der Waals surface area contributed by atoms with E-state index in [-0.39, 0.29) is 28.9 Å². The number of ether oxygens (including phenoxy) is 1. The molecule has 0 saturated heterocycles. The fraction of sp³-hybridized carbons (Fsp3) is 0.650. The number of esters is 1. The van der Waals surface area contributed by atoms with Crippen LogP contribution in [0, 0.1) is 11.3 Å². The van der Waals surface area contributed by atoms with Gasteiger partial charge >= 0.3 is 5.97 Å². The summed E-state index contributed by atoms with van der Waals surface area (Å²) in [7, 11) is 0. The van der Waals surface area contributed by atoms with Crippen LogP contribution in [0.5, 0.6) is 0 Å². The van der Waals surface area contributed by atoms with Crippen LogP contribution in [0.25, 0.3) is 0 Å². The highest BCUT2D eigenvalue weighted by molar-refractivity contribution is 6.17. The van der Waals surface area contributed by atoms with E-state index in [9.17, 15) is 14.4 Å². The van der Waals surface area contributed by atoms with Gasteiger partial charge in [-0.25, -0.2) is 0 Å². The minimum atomic E-state index is -0.310. The molecule has 0 radical (unpaired) electrons. The Morgan fingerprint density at radius 1 is 1.17 bits per heavy atom. The molecule has 2 rings (SSSR count). The van der Waals surface area contributed by atoms with Crippen LogP contribution in [0.3, 0.4) is 0 Å². The first kappa shape index (κ1) is 18.6. The van der Waals surface area contributed by atoms with Crippen LogP contribution in [0.1, 0.15) is 65.2 Å². The van der Waals surface area contributed by atoms with Gasteiger partial charge in [0, 0.05) is 5.57 Å². The Kier molecular flexibility index (Phi) is 6.52. The summed E-state index contributed by atoms with van der Waals surface area (Å²) in [6.45, 7) is 4.69. The molecule has 0 spiro atoms. The summed E-state index contributed by atoms with van der Waals surface area (Å²) < 4.78 is 5.39. The van der Waals surface area contributed by atoms with Gasteiger partial charge in [0.2, 0.25) is 0 Å². The van der Waals surface area contributed by atoms with Crippen molar-refractivity contribution >= 4 is 17.5 Å². The molecule has 0 heterocycles. The van der Waals surface area contributed by atoms with Gasteiger partial charge in [-0.1, -0.05) is 33.1 Å². The van der Waals surface area contributed by atoms with Crippen LogP contribution in [0.2, 0.25) is 0 Å². The predicted molar refractivity (Wildman–Crippen MR) is 92.4 cm³/mol. The maximum atomic E-state index is 12.2. The van der Waals surface area contributed by atoms with E-state index in [0.717, 1.165) is 25.7 Å². The molecule has 2 aliphatic carbocycles. The lowest BCUT2D eigenvalue weighted by molar-refractivity contribution is -0.150. The number of allylic oxidation sites excluding steroid dienone is 4. The van der Waals surface area contributed by atoms with E-state index in [4.69, 9.17) is 4.74 Å². The summed E-state index contributed by atoms with van der Waals surface area (Å²) in [6.07, 6.45) is 11.4. The molecule has 0 aromatic carbocycles. The van der Waals surface area contributed by atoms with Crippen molar-refractivity contribution in [2.24, 2.45) is 11.3 Å². The molecule has 132 valence electrons. The van der Waals surface area contributed by atoms with Crippen molar-refractivity contribution in [1.82, 2.24) is 0 Å². The predicted octanol–water partition coefficient (Wildman–Crippen LogP) is 3.94. The van der Waals surface area contributed by atoms with Crippen molar-refractivity contribution in [3.63, 3.8) is 0 Å². The van der Waals surface area contributed by atoms with Gasteiger partial charge in [0.1, 0.15) is 0 Å². The molecule has 0 amide bonds. The van der Waals surface area contributed by atoms with Crippen molar-refractivity contribution < 1.29 is 19.1 Å². The highest BCUT2D eigenvalue weighted by Crippen LogP contribution is 2.45. The van der Waals surface area contributed by atoms with E-state index < -0.39 is 0 Å². The van der Waals surface area contributed by atoms with Gasteiger partial charge < -0.3 is 4.74 Å². The lowest BCUT2D eigenvalue weighted by atomic mass is 9.66. The van der Waals surface area contributed by atoms with Crippen molar-refractivity contribution in [2.75, 3.05) is 6.61 Å². The van der Waals surface area contributed by atoms with Crippen LogP contribution < -0.4 is 0 Å². The van der Waals surface area contributed by atoms with Gasteiger partial charge in [-0.3, -0.25) is 14.4 Å². The average molecular weight is 332 g/mol. The Morgan fingerprint density at radius 2 is 1.88 bits per heavy atom. The van der Waals surface area contributed by atoms with Gasteiger partial charge in [0.15, 0.2) is 11.6 Å². The molecule has 0 atom stereocenters. The second-order valence-electron chi connectivity index (χ2n) is 7.22. The first-order valence-electron chi connectivity index (χ1n) is 9.11. The van der Waals surface area contributed by atoms with Gasteiger partial charge in [-0.15, -0.1) is 0 Å². The summed E-state index contributed by atoms with van der Waals surface area (Å²) >= 11 is 0. The van der Waals surface area contributed by atoms with E-state index in [1.54, 1.807) is 0 Å². The lowest BCUT2D eigenvalue weighted by Crippen LogP contribution is -2.33. The maximum absolute atomic E-state index is 12.2. The SMILES string of the molecule is CCCCCCOC(=O)C1CCC(C)(C2=CC(=O)C=CC2=O)CC1. The first-order valence-corrected chi connectivity index (χ1v) is 9.11. The Morgan fingerprint density at radius 3 is 2.54 bits per heavy atom. The third kappa shape index (κ3) is 4.65. The number of rotatable bonds is 7. The maximum Gasteiger partial charge on any atom is 0.308 e. The minimum absolute atomic E-state index is 0.0743. The van der Waals surface area contributed by atoms with Gasteiger partial charge in [0.05, 0.1) is 12.5 Å². The van der Waals surface area contributed by atoms with Crippen molar-refractivity contribution in [1.29, 1.82) is 0 Å². The number of ketones is 2. The first-order chi connectivity index (χ1) is 11.5. The molecule has 0 aromatic heterocycles. The molecule has 1 saturated carbocycles. The molecule has 0 bridgehead atoms. The smallest absolute Gasteiger partial charge is 0.308 e. The Balaban J connectivity index is 1.83. The van der Waals surface area contributed by atoms with Crippen molar-refractivity contribution in [3.05, 3.63) is 23.8 Å². The van der Waals surface area contributed by atoms with Crippen LogP contribution in [-0.2, 0) is 19.1 Å². The number of hydrogen-bond acceptors (Lipinski definition) is 4. The van der Waals surface area contributed by atoms with Crippen LogP contribution in [0.15, 0.2) is 23.8 Å². The minimum Gasteiger partial charge on any atom is -0.465 e. The Hall–Kier alpha value is -1.71. The molecule has 0 aliphatic heterocycles. The molecule has 0 aromatic rings. The quantitative estimate of drug-likeness (QED) is 0.402. The van der Waals surface area contributed by atoms with Crippen LogP contribution in [0.4, 0.5) is 0 Å². The third-order valence-electron chi connectivity index (χ3n) is 5.27. The number of unbranched alkanes of at least 4 members (excludes halogenated alkanes) is 3. The van der Waals surface area contributed by atoms with Crippen LogP contribution >= 0.6 is 0 Å². The number of carbonyl (C=O) groups is 3. The fourth-order valence-electron chi connectivity index (χ4n) is 3.56. The van der Waals surface area contributed by atoms with E-state index in [1.807, 2.05) is 6.92 Å². The Labute approximate surface area is 144 Å². The van der Waals surface area contributed by atoms with Crippen molar-refractivity contribution in [3.8, 4) is 0 Å². The van der Waals surface area contributed by atoms with Gasteiger partial charge in [0.25, 0.3) is 0 Å². The molecule has 4 nitrogen and oxygen atoms in total. The summed E-state index contributed by atoms with van der Waals surface area (Å²) in [6, 6.07) is 0. The summed E-state index contributed by atoms with van der Waals surface area (Å²) in [4.78, 5) is 35.8. The van der Waals surface area contributed by atoms with Gasteiger partial charge in [-0.2, -0.15) is 0 Å². The molecule has 4 heteroatoms. The second-order valence-corrected chi connectivity index (χ2v) is 7.22. The van der Waals surface area contributed by atoms with E-state index in [0.29, 0.717) is 25.0 Å².